The van der Waals surface area contributed by atoms with E-state index >= 15 is 0 Å². The van der Waals surface area contributed by atoms with Crippen molar-refractivity contribution in [2.45, 2.75) is 70.7 Å². The highest BCUT2D eigenvalue weighted by Crippen LogP contribution is 2.66. The molecule has 0 radical (unpaired) electrons. The number of hydrogen-bond donors (Lipinski definition) is 1. The van der Waals surface area contributed by atoms with E-state index in [9.17, 15) is 19.5 Å². The standard InChI is InChI=1S/C29H39ClN2O6/c1-7-13-31(21-12-10-9-11-20(21)30)26(35)24-29-15-18(5)28(6,38-29)23(27(36)37-8-2)22(29)25(34)32(24)19(16-33)14-17(3)4/h7,9-12,17-19,22-24,33H,1,8,13-16H2,2-6H3/t18?,19-,22+,23-,24?,28+,29?/m1/s1. The van der Waals surface area contributed by atoms with Crippen LogP contribution in [0.25, 0.3) is 0 Å². The van der Waals surface area contributed by atoms with Gasteiger partial charge in [-0.2, -0.15) is 0 Å². The van der Waals surface area contributed by atoms with Crippen molar-refractivity contribution < 1.29 is 29.0 Å². The minimum atomic E-state index is -1.25. The van der Waals surface area contributed by atoms with Crippen LogP contribution in [-0.4, -0.2) is 70.8 Å². The summed E-state index contributed by atoms with van der Waals surface area (Å²) in [5.74, 6) is -2.93. The zero-order valence-electron chi connectivity index (χ0n) is 22.9. The van der Waals surface area contributed by atoms with Crippen LogP contribution in [0.1, 0.15) is 47.5 Å². The Morgan fingerprint density at radius 1 is 1.37 bits per heavy atom. The number of aliphatic hydroxyl groups is 1. The lowest BCUT2D eigenvalue weighted by Crippen LogP contribution is -2.59. The monoisotopic (exact) mass is 546 g/mol. The van der Waals surface area contributed by atoms with E-state index in [4.69, 9.17) is 21.1 Å². The second-order valence-electron chi connectivity index (χ2n) is 11.4. The zero-order valence-corrected chi connectivity index (χ0v) is 23.6. The summed E-state index contributed by atoms with van der Waals surface area (Å²) >= 11 is 6.52. The van der Waals surface area contributed by atoms with E-state index < -0.39 is 41.1 Å². The summed E-state index contributed by atoms with van der Waals surface area (Å²) in [5.41, 5.74) is -1.72. The average molecular weight is 547 g/mol. The highest BCUT2D eigenvalue weighted by Gasteiger charge is 2.80. The minimum Gasteiger partial charge on any atom is -0.466 e. The molecule has 7 atom stereocenters. The molecule has 3 heterocycles. The van der Waals surface area contributed by atoms with Crippen molar-refractivity contribution in [2.24, 2.45) is 23.7 Å². The smallest absolute Gasteiger partial charge is 0.312 e. The highest BCUT2D eigenvalue weighted by atomic mass is 35.5. The van der Waals surface area contributed by atoms with Crippen LogP contribution >= 0.6 is 11.6 Å². The Hall–Kier alpha value is -2.42. The van der Waals surface area contributed by atoms with Gasteiger partial charge in [0, 0.05) is 6.54 Å². The molecule has 1 aromatic rings. The number of benzene rings is 1. The second kappa shape index (κ2) is 10.6. The Balaban J connectivity index is 1.90. The van der Waals surface area contributed by atoms with Crippen molar-refractivity contribution in [2.75, 3.05) is 24.7 Å². The maximum Gasteiger partial charge on any atom is 0.312 e. The first kappa shape index (κ1) is 28.6. The molecule has 3 unspecified atom stereocenters. The number of carbonyl (C=O) groups excluding carboxylic acids is 3. The fourth-order valence-corrected chi connectivity index (χ4v) is 7.25. The van der Waals surface area contributed by atoms with Crippen molar-refractivity contribution in [1.29, 1.82) is 0 Å². The Kier molecular flexibility index (Phi) is 7.99. The number of amides is 2. The number of aliphatic hydroxyl groups excluding tert-OH is 1. The summed E-state index contributed by atoms with van der Waals surface area (Å²) in [6.45, 7) is 13.4. The van der Waals surface area contributed by atoms with Gasteiger partial charge in [0.2, 0.25) is 5.91 Å². The van der Waals surface area contributed by atoms with Crippen LogP contribution in [0.2, 0.25) is 5.02 Å². The van der Waals surface area contributed by atoms with Crippen LogP contribution in [0.5, 0.6) is 0 Å². The summed E-state index contributed by atoms with van der Waals surface area (Å²) in [5, 5.41) is 10.8. The molecule has 3 aliphatic rings. The Bertz CT molecular complexity index is 1110. The van der Waals surface area contributed by atoms with Gasteiger partial charge in [0.25, 0.3) is 5.91 Å². The lowest BCUT2D eigenvalue weighted by atomic mass is 9.62. The maximum absolute atomic E-state index is 14.6. The maximum atomic E-state index is 14.6. The molecule has 3 saturated heterocycles. The molecule has 3 fully saturated rings. The quantitative estimate of drug-likeness (QED) is 0.354. The molecular weight excluding hydrogens is 508 g/mol. The van der Waals surface area contributed by atoms with E-state index in [1.54, 1.807) is 37.3 Å². The number of para-hydroxylation sites is 1. The third-order valence-electron chi connectivity index (χ3n) is 8.60. The van der Waals surface area contributed by atoms with Crippen LogP contribution < -0.4 is 4.90 Å². The minimum absolute atomic E-state index is 0.109. The molecule has 2 amide bonds. The number of likely N-dealkylation sites (tertiary alicyclic amines) is 1. The van der Waals surface area contributed by atoms with Gasteiger partial charge in [0.1, 0.15) is 17.6 Å². The van der Waals surface area contributed by atoms with E-state index in [1.165, 1.54) is 9.80 Å². The molecule has 0 aromatic heterocycles. The molecule has 3 aliphatic heterocycles. The largest absolute Gasteiger partial charge is 0.466 e. The van der Waals surface area contributed by atoms with Gasteiger partial charge >= 0.3 is 5.97 Å². The molecule has 1 N–H and O–H groups in total. The third kappa shape index (κ3) is 4.25. The lowest BCUT2D eigenvalue weighted by molar-refractivity contribution is -0.162. The highest BCUT2D eigenvalue weighted by molar-refractivity contribution is 6.34. The number of halogens is 1. The molecule has 1 spiro atoms. The van der Waals surface area contributed by atoms with E-state index in [2.05, 4.69) is 6.58 Å². The summed E-state index contributed by atoms with van der Waals surface area (Å²) in [4.78, 5) is 45.3. The normalized spacial score (nSPS) is 32.4. The van der Waals surface area contributed by atoms with Crippen LogP contribution in [-0.2, 0) is 23.9 Å². The molecule has 2 bridgehead atoms. The van der Waals surface area contributed by atoms with E-state index in [1.807, 2.05) is 27.7 Å². The van der Waals surface area contributed by atoms with Gasteiger partial charge in [-0.15, -0.1) is 6.58 Å². The molecule has 0 saturated carbocycles. The average Bonchev–Trinajstić information content (AvgIpc) is 3.38. The van der Waals surface area contributed by atoms with Crippen LogP contribution in [0.3, 0.4) is 0 Å². The summed E-state index contributed by atoms with van der Waals surface area (Å²) in [6.07, 6.45) is 2.51. The first-order valence-corrected chi connectivity index (χ1v) is 13.8. The third-order valence-corrected chi connectivity index (χ3v) is 8.92. The van der Waals surface area contributed by atoms with Gasteiger partial charge in [-0.1, -0.05) is 50.6 Å². The van der Waals surface area contributed by atoms with Crippen molar-refractivity contribution in [3.05, 3.63) is 41.9 Å². The Labute approximate surface area is 229 Å². The number of rotatable bonds is 10. The number of nitrogens with zero attached hydrogens (tertiary/aromatic N) is 2. The SMILES string of the molecule is C=CCN(C(=O)C1N([C@@H](CO)CC(C)C)C(=O)[C@@H]2[C@H](C(=O)OCC)[C@@]3(C)OC12CC3C)c1ccccc1Cl. The molecule has 38 heavy (non-hydrogen) atoms. The summed E-state index contributed by atoms with van der Waals surface area (Å²) < 4.78 is 12.2. The first-order valence-electron chi connectivity index (χ1n) is 13.4. The lowest BCUT2D eigenvalue weighted by Gasteiger charge is -2.40. The van der Waals surface area contributed by atoms with Crippen LogP contribution in [0, 0.1) is 23.7 Å². The van der Waals surface area contributed by atoms with Crippen molar-refractivity contribution in [3.8, 4) is 0 Å². The van der Waals surface area contributed by atoms with Gasteiger partial charge in [-0.25, -0.2) is 0 Å². The Morgan fingerprint density at radius 3 is 2.63 bits per heavy atom. The number of fused-ring (bicyclic) bond motifs is 1. The van der Waals surface area contributed by atoms with Crippen molar-refractivity contribution >= 4 is 35.1 Å². The predicted octanol–water partition coefficient (Wildman–Crippen LogP) is 3.84. The van der Waals surface area contributed by atoms with Crippen molar-refractivity contribution in [3.63, 3.8) is 0 Å². The Morgan fingerprint density at radius 2 is 2.05 bits per heavy atom. The van der Waals surface area contributed by atoms with Gasteiger partial charge in [-0.05, 0) is 50.7 Å². The van der Waals surface area contributed by atoms with Gasteiger partial charge in [0.15, 0.2) is 0 Å². The number of anilines is 1. The number of hydrogen-bond acceptors (Lipinski definition) is 6. The van der Waals surface area contributed by atoms with E-state index in [-0.39, 0.29) is 43.4 Å². The van der Waals surface area contributed by atoms with E-state index in [0.29, 0.717) is 23.6 Å². The van der Waals surface area contributed by atoms with Crippen LogP contribution in [0.4, 0.5) is 5.69 Å². The molecule has 1 aromatic carbocycles. The van der Waals surface area contributed by atoms with Crippen molar-refractivity contribution in [1.82, 2.24) is 4.90 Å². The molecule has 208 valence electrons. The topological polar surface area (TPSA) is 96.4 Å². The first-order chi connectivity index (χ1) is 18.0. The number of esters is 1. The second-order valence-corrected chi connectivity index (χ2v) is 11.8. The van der Waals surface area contributed by atoms with Gasteiger partial charge in [0.05, 0.1) is 41.5 Å². The molecule has 0 aliphatic carbocycles. The van der Waals surface area contributed by atoms with Crippen LogP contribution in [0.15, 0.2) is 36.9 Å². The molecule has 9 heteroatoms. The zero-order chi connectivity index (χ0) is 28.0. The van der Waals surface area contributed by atoms with E-state index in [0.717, 1.165) is 0 Å². The van der Waals surface area contributed by atoms with Gasteiger partial charge in [-0.3, -0.25) is 14.4 Å². The predicted molar refractivity (Wildman–Crippen MR) is 145 cm³/mol. The molecule has 8 nitrogen and oxygen atoms in total. The summed E-state index contributed by atoms with van der Waals surface area (Å²) in [7, 11) is 0. The molecular formula is C29H39ClN2O6. The fraction of sp³-hybridized carbons (Fsp3) is 0.621. The van der Waals surface area contributed by atoms with Gasteiger partial charge < -0.3 is 24.4 Å². The summed E-state index contributed by atoms with van der Waals surface area (Å²) in [6, 6.07) is 5.33. The fourth-order valence-electron chi connectivity index (χ4n) is 7.01. The number of carbonyl (C=O) groups is 3. The molecule has 4 rings (SSSR count). The number of ether oxygens (including phenoxy) is 2.